The maximum absolute atomic E-state index is 9.51. The van der Waals surface area contributed by atoms with Gasteiger partial charge in [-0.2, -0.15) is 5.26 Å². The van der Waals surface area contributed by atoms with Crippen molar-refractivity contribution >= 4 is 0 Å². The van der Waals surface area contributed by atoms with Crippen molar-refractivity contribution in [1.29, 1.82) is 5.26 Å². The molecule has 0 spiro atoms. The molecule has 1 aromatic carbocycles. The van der Waals surface area contributed by atoms with Crippen LogP contribution in [0.25, 0.3) is 0 Å². The van der Waals surface area contributed by atoms with Crippen LogP contribution in [0.4, 0.5) is 0 Å². The Labute approximate surface area is 108 Å². The fourth-order valence-electron chi connectivity index (χ4n) is 2.63. The van der Waals surface area contributed by atoms with Crippen molar-refractivity contribution in [3.05, 3.63) is 35.9 Å². The monoisotopic (exact) mass is 244 g/mol. The van der Waals surface area contributed by atoms with Crippen molar-refractivity contribution < 1.29 is 5.11 Å². The Morgan fingerprint density at radius 3 is 2.72 bits per heavy atom. The number of hydrogen-bond donors (Lipinski definition) is 2. The van der Waals surface area contributed by atoms with Crippen molar-refractivity contribution in [3.8, 4) is 6.07 Å². The van der Waals surface area contributed by atoms with Gasteiger partial charge in [0.25, 0.3) is 0 Å². The number of aliphatic hydroxyl groups excluding tert-OH is 1. The van der Waals surface area contributed by atoms with E-state index in [0.29, 0.717) is 12.3 Å². The van der Waals surface area contributed by atoms with E-state index in [-0.39, 0.29) is 12.1 Å². The van der Waals surface area contributed by atoms with E-state index in [9.17, 15) is 5.11 Å². The molecule has 0 saturated heterocycles. The maximum Gasteiger partial charge on any atom is 0.0641 e. The van der Waals surface area contributed by atoms with Gasteiger partial charge in [0.2, 0.25) is 0 Å². The van der Waals surface area contributed by atoms with Crippen molar-refractivity contribution in [3.63, 3.8) is 0 Å². The Morgan fingerprint density at radius 2 is 2.11 bits per heavy atom. The molecular weight excluding hydrogens is 224 g/mol. The Bertz CT molecular complexity index is 399. The molecule has 18 heavy (non-hydrogen) atoms. The van der Waals surface area contributed by atoms with Crippen LogP contribution in [-0.2, 0) is 0 Å². The molecule has 96 valence electrons. The molecule has 3 unspecified atom stereocenters. The van der Waals surface area contributed by atoms with Gasteiger partial charge in [0.15, 0.2) is 0 Å². The zero-order valence-corrected chi connectivity index (χ0v) is 10.5. The van der Waals surface area contributed by atoms with E-state index in [1.54, 1.807) is 0 Å². The Balaban J connectivity index is 1.89. The standard InChI is InChI=1S/C15H20N2O/c16-9-8-15(13-4-2-1-3-5-13)17-11-12-6-7-14(18)10-12/h1-5,12,14-15,17-18H,6-8,10-11H2. The minimum absolute atomic E-state index is 0.106. The summed E-state index contributed by atoms with van der Waals surface area (Å²) in [7, 11) is 0. The molecule has 0 heterocycles. The molecule has 1 aliphatic carbocycles. The van der Waals surface area contributed by atoms with E-state index in [2.05, 4.69) is 23.5 Å². The Kier molecular flexibility index (Phi) is 4.74. The van der Waals surface area contributed by atoms with Crippen LogP contribution < -0.4 is 5.32 Å². The summed E-state index contributed by atoms with van der Waals surface area (Å²) in [5.41, 5.74) is 1.16. The second-order valence-corrected chi connectivity index (χ2v) is 5.07. The molecule has 3 nitrogen and oxygen atoms in total. The average Bonchev–Trinajstić information content (AvgIpc) is 2.81. The second-order valence-electron chi connectivity index (χ2n) is 5.07. The normalized spacial score (nSPS) is 24.7. The Hall–Kier alpha value is -1.37. The molecule has 0 radical (unpaired) electrons. The maximum atomic E-state index is 9.51. The molecule has 1 saturated carbocycles. The lowest BCUT2D eigenvalue weighted by Crippen LogP contribution is -2.26. The van der Waals surface area contributed by atoms with Gasteiger partial charge in [-0.25, -0.2) is 0 Å². The molecule has 0 bridgehead atoms. The van der Waals surface area contributed by atoms with E-state index in [1.165, 1.54) is 0 Å². The molecule has 0 aliphatic heterocycles. The van der Waals surface area contributed by atoms with Gasteiger partial charge in [-0.15, -0.1) is 0 Å². The molecule has 1 fully saturated rings. The molecular formula is C15H20N2O. The minimum Gasteiger partial charge on any atom is -0.393 e. The van der Waals surface area contributed by atoms with Gasteiger partial charge in [0.05, 0.1) is 18.6 Å². The molecule has 2 rings (SSSR count). The molecule has 3 heteroatoms. The van der Waals surface area contributed by atoms with E-state index in [4.69, 9.17) is 5.26 Å². The van der Waals surface area contributed by atoms with Gasteiger partial charge in [0.1, 0.15) is 0 Å². The third kappa shape index (κ3) is 3.56. The summed E-state index contributed by atoms with van der Waals surface area (Å²) < 4.78 is 0. The minimum atomic E-state index is -0.122. The predicted octanol–water partition coefficient (Wildman–Crippen LogP) is 2.39. The smallest absolute Gasteiger partial charge is 0.0641 e. The van der Waals surface area contributed by atoms with Gasteiger partial charge in [-0.05, 0) is 37.3 Å². The first-order chi connectivity index (χ1) is 8.79. The van der Waals surface area contributed by atoms with Crippen LogP contribution in [0.5, 0.6) is 0 Å². The number of nitriles is 1. The van der Waals surface area contributed by atoms with Crippen molar-refractivity contribution in [2.24, 2.45) is 5.92 Å². The number of benzene rings is 1. The summed E-state index contributed by atoms with van der Waals surface area (Å²) in [5.74, 6) is 0.546. The average molecular weight is 244 g/mol. The first kappa shape index (κ1) is 13.1. The van der Waals surface area contributed by atoms with Gasteiger partial charge >= 0.3 is 0 Å². The summed E-state index contributed by atoms with van der Waals surface area (Å²) in [5, 5.41) is 21.9. The first-order valence-corrected chi connectivity index (χ1v) is 6.63. The number of rotatable bonds is 5. The van der Waals surface area contributed by atoms with Gasteiger partial charge in [-0.3, -0.25) is 0 Å². The number of nitrogens with zero attached hydrogens (tertiary/aromatic N) is 1. The van der Waals surface area contributed by atoms with Crippen molar-refractivity contribution in [2.75, 3.05) is 6.54 Å². The van der Waals surface area contributed by atoms with Crippen LogP contribution >= 0.6 is 0 Å². The van der Waals surface area contributed by atoms with E-state index >= 15 is 0 Å². The van der Waals surface area contributed by atoms with E-state index in [1.807, 2.05) is 18.2 Å². The number of nitrogens with one attached hydrogen (secondary N) is 1. The van der Waals surface area contributed by atoms with Crippen LogP contribution in [0.2, 0.25) is 0 Å². The quantitative estimate of drug-likeness (QED) is 0.836. The van der Waals surface area contributed by atoms with Crippen molar-refractivity contribution in [2.45, 2.75) is 37.8 Å². The lowest BCUT2D eigenvalue weighted by molar-refractivity contribution is 0.177. The van der Waals surface area contributed by atoms with E-state index < -0.39 is 0 Å². The molecule has 0 amide bonds. The molecule has 1 aliphatic rings. The highest BCUT2D eigenvalue weighted by Gasteiger charge is 2.23. The van der Waals surface area contributed by atoms with Crippen molar-refractivity contribution in [1.82, 2.24) is 5.32 Å². The highest BCUT2D eigenvalue weighted by atomic mass is 16.3. The fraction of sp³-hybridized carbons (Fsp3) is 0.533. The summed E-state index contributed by atoms with van der Waals surface area (Å²) in [4.78, 5) is 0. The molecule has 2 N–H and O–H groups in total. The molecule has 0 aromatic heterocycles. The highest BCUT2D eigenvalue weighted by molar-refractivity contribution is 5.19. The van der Waals surface area contributed by atoms with Gasteiger partial charge in [-0.1, -0.05) is 30.3 Å². The largest absolute Gasteiger partial charge is 0.393 e. The summed E-state index contributed by atoms with van der Waals surface area (Å²) >= 11 is 0. The summed E-state index contributed by atoms with van der Waals surface area (Å²) in [6.45, 7) is 0.887. The van der Waals surface area contributed by atoms with Crippen LogP contribution in [0.15, 0.2) is 30.3 Å². The van der Waals surface area contributed by atoms with Crippen LogP contribution in [-0.4, -0.2) is 17.8 Å². The third-order valence-electron chi connectivity index (χ3n) is 3.66. The first-order valence-electron chi connectivity index (χ1n) is 6.63. The lowest BCUT2D eigenvalue weighted by atomic mass is 10.0. The zero-order chi connectivity index (χ0) is 12.8. The van der Waals surface area contributed by atoms with Gasteiger partial charge < -0.3 is 10.4 Å². The van der Waals surface area contributed by atoms with Crippen LogP contribution in [0.3, 0.4) is 0 Å². The van der Waals surface area contributed by atoms with Crippen LogP contribution in [0, 0.1) is 17.2 Å². The number of hydrogen-bond acceptors (Lipinski definition) is 3. The predicted molar refractivity (Wildman–Crippen MR) is 70.8 cm³/mol. The molecule has 3 atom stereocenters. The SMILES string of the molecule is N#CCC(NCC1CCC(O)C1)c1ccccc1. The summed E-state index contributed by atoms with van der Waals surface area (Å²) in [6.07, 6.45) is 3.26. The highest BCUT2D eigenvalue weighted by Crippen LogP contribution is 2.26. The van der Waals surface area contributed by atoms with Gasteiger partial charge in [0, 0.05) is 6.04 Å². The Morgan fingerprint density at radius 1 is 1.33 bits per heavy atom. The second kappa shape index (κ2) is 6.53. The third-order valence-corrected chi connectivity index (χ3v) is 3.66. The molecule has 1 aromatic rings. The summed E-state index contributed by atoms with van der Waals surface area (Å²) in [6, 6.07) is 12.4. The van der Waals surface area contributed by atoms with E-state index in [0.717, 1.165) is 31.4 Å². The topological polar surface area (TPSA) is 56.0 Å². The fourth-order valence-corrected chi connectivity index (χ4v) is 2.63. The zero-order valence-electron chi connectivity index (χ0n) is 10.5. The van der Waals surface area contributed by atoms with Crippen LogP contribution in [0.1, 0.15) is 37.3 Å². The lowest BCUT2D eigenvalue weighted by Gasteiger charge is -2.19. The number of aliphatic hydroxyl groups is 1.